The van der Waals surface area contributed by atoms with Gasteiger partial charge in [0.05, 0.1) is 5.69 Å². The topological polar surface area (TPSA) is 33.1 Å². The lowest BCUT2D eigenvalue weighted by atomic mass is 10.0. The molecular weight excluding hydrogens is 200 g/mol. The number of hydrogen-bond donors (Lipinski definition) is 1. The standard InChI is InChI=1S/C12H24N4/c1-10(2)12(15(3)4)9-13-8-11-6-7-14-16(11)5/h6-7,10,12-13H,8-9H2,1-5H3. The predicted octanol–water partition coefficient (Wildman–Crippen LogP) is 1.10. The maximum absolute atomic E-state index is 4.15. The molecule has 1 aromatic heterocycles. The van der Waals surface area contributed by atoms with Gasteiger partial charge in [0.25, 0.3) is 0 Å². The van der Waals surface area contributed by atoms with E-state index in [-0.39, 0.29) is 0 Å². The molecule has 4 nitrogen and oxygen atoms in total. The first kappa shape index (κ1) is 13.2. The highest BCUT2D eigenvalue weighted by molar-refractivity contribution is 4.99. The molecule has 0 bridgehead atoms. The van der Waals surface area contributed by atoms with Gasteiger partial charge in [-0.25, -0.2) is 0 Å². The summed E-state index contributed by atoms with van der Waals surface area (Å²) in [5.74, 6) is 0.661. The molecule has 0 aliphatic carbocycles. The van der Waals surface area contributed by atoms with Crippen molar-refractivity contribution in [2.45, 2.75) is 26.4 Å². The summed E-state index contributed by atoms with van der Waals surface area (Å²) >= 11 is 0. The molecule has 4 heteroatoms. The average molecular weight is 224 g/mol. The zero-order chi connectivity index (χ0) is 12.1. The highest BCUT2D eigenvalue weighted by Gasteiger charge is 2.14. The summed E-state index contributed by atoms with van der Waals surface area (Å²) in [6, 6.07) is 2.63. The van der Waals surface area contributed by atoms with Gasteiger partial charge in [-0.3, -0.25) is 4.68 Å². The molecule has 1 N–H and O–H groups in total. The third-order valence-corrected chi connectivity index (χ3v) is 3.01. The maximum Gasteiger partial charge on any atom is 0.0518 e. The Morgan fingerprint density at radius 3 is 2.56 bits per heavy atom. The van der Waals surface area contributed by atoms with E-state index in [1.807, 2.05) is 24.0 Å². The number of hydrogen-bond acceptors (Lipinski definition) is 3. The molecule has 1 heterocycles. The van der Waals surface area contributed by atoms with Crippen molar-refractivity contribution >= 4 is 0 Å². The first-order chi connectivity index (χ1) is 7.52. The fourth-order valence-electron chi connectivity index (χ4n) is 1.94. The monoisotopic (exact) mass is 224 g/mol. The molecule has 1 unspecified atom stereocenters. The van der Waals surface area contributed by atoms with Gasteiger partial charge < -0.3 is 10.2 Å². The van der Waals surface area contributed by atoms with Crippen LogP contribution in [0.25, 0.3) is 0 Å². The van der Waals surface area contributed by atoms with Gasteiger partial charge in [0.1, 0.15) is 0 Å². The summed E-state index contributed by atoms with van der Waals surface area (Å²) in [5.41, 5.74) is 1.22. The molecule has 16 heavy (non-hydrogen) atoms. The van der Waals surface area contributed by atoms with Crippen molar-refractivity contribution in [3.63, 3.8) is 0 Å². The van der Waals surface area contributed by atoms with Crippen LogP contribution in [0.2, 0.25) is 0 Å². The fraction of sp³-hybridized carbons (Fsp3) is 0.750. The second-order valence-corrected chi connectivity index (χ2v) is 4.85. The number of nitrogens with one attached hydrogen (secondary N) is 1. The Balaban J connectivity index is 2.37. The quantitative estimate of drug-likeness (QED) is 0.785. The van der Waals surface area contributed by atoms with E-state index in [0.29, 0.717) is 12.0 Å². The highest BCUT2D eigenvalue weighted by atomic mass is 15.3. The van der Waals surface area contributed by atoms with Crippen molar-refractivity contribution in [1.29, 1.82) is 0 Å². The number of aryl methyl sites for hydroxylation is 1. The van der Waals surface area contributed by atoms with E-state index < -0.39 is 0 Å². The van der Waals surface area contributed by atoms with Crippen LogP contribution in [-0.2, 0) is 13.6 Å². The Labute approximate surface area is 98.6 Å². The predicted molar refractivity (Wildman–Crippen MR) is 67.2 cm³/mol. The van der Waals surface area contributed by atoms with Crippen LogP contribution in [0.4, 0.5) is 0 Å². The van der Waals surface area contributed by atoms with Crippen LogP contribution >= 0.6 is 0 Å². The van der Waals surface area contributed by atoms with Crippen LogP contribution in [0.15, 0.2) is 12.3 Å². The van der Waals surface area contributed by atoms with Crippen LogP contribution in [0.3, 0.4) is 0 Å². The van der Waals surface area contributed by atoms with Crippen molar-refractivity contribution in [3.8, 4) is 0 Å². The van der Waals surface area contributed by atoms with Gasteiger partial charge >= 0.3 is 0 Å². The van der Waals surface area contributed by atoms with Crippen molar-refractivity contribution in [3.05, 3.63) is 18.0 Å². The summed E-state index contributed by atoms with van der Waals surface area (Å²) in [6.45, 7) is 6.41. The van der Waals surface area contributed by atoms with E-state index >= 15 is 0 Å². The summed E-state index contributed by atoms with van der Waals surface area (Å²) in [7, 11) is 6.25. The van der Waals surface area contributed by atoms with Gasteiger partial charge in [-0.1, -0.05) is 13.8 Å². The van der Waals surface area contributed by atoms with Crippen molar-refractivity contribution in [1.82, 2.24) is 20.0 Å². The molecule has 1 rings (SSSR count). The van der Waals surface area contributed by atoms with Crippen LogP contribution in [0.1, 0.15) is 19.5 Å². The molecule has 1 atom stereocenters. The van der Waals surface area contributed by atoms with E-state index in [4.69, 9.17) is 0 Å². The minimum Gasteiger partial charge on any atom is -0.310 e. The molecule has 0 radical (unpaired) electrons. The van der Waals surface area contributed by atoms with Crippen LogP contribution in [0.5, 0.6) is 0 Å². The van der Waals surface area contributed by atoms with Crippen molar-refractivity contribution in [2.24, 2.45) is 13.0 Å². The lowest BCUT2D eigenvalue weighted by Crippen LogP contribution is -2.41. The number of rotatable bonds is 6. The largest absolute Gasteiger partial charge is 0.310 e. The minimum atomic E-state index is 0.577. The SMILES string of the molecule is CC(C)C(CNCc1ccnn1C)N(C)C. The van der Waals surface area contributed by atoms with Gasteiger partial charge in [0.15, 0.2) is 0 Å². The second-order valence-electron chi connectivity index (χ2n) is 4.85. The minimum absolute atomic E-state index is 0.577. The van der Waals surface area contributed by atoms with Gasteiger partial charge in [-0.05, 0) is 26.1 Å². The summed E-state index contributed by atoms with van der Waals surface area (Å²) < 4.78 is 1.91. The summed E-state index contributed by atoms with van der Waals surface area (Å²) in [4.78, 5) is 2.28. The number of likely N-dealkylation sites (N-methyl/N-ethyl adjacent to an activating group) is 1. The number of aromatic nitrogens is 2. The van der Waals surface area contributed by atoms with Crippen LogP contribution in [-0.4, -0.2) is 41.4 Å². The lowest BCUT2D eigenvalue weighted by molar-refractivity contribution is 0.224. The Kier molecular flexibility index (Phi) is 4.96. The Hall–Kier alpha value is -0.870. The summed E-state index contributed by atoms with van der Waals surface area (Å²) in [6.07, 6.45) is 1.84. The smallest absolute Gasteiger partial charge is 0.0518 e. The van der Waals surface area contributed by atoms with Crippen LogP contribution < -0.4 is 5.32 Å². The van der Waals surface area contributed by atoms with E-state index in [2.05, 4.69) is 43.3 Å². The van der Waals surface area contributed by atoms with Gasteiger partial charge in [-0.2, -0.15) is 5.10 Å². The first-order valence-electron chi connectivity index (χ1n) is 5.86. The maximum atomic E-state index is 4.15. The fourth-order valence-corrected chi connectivity index (χ4v) is 1.94. The Morgan fingerprint density at radius 2 is 2.12 bits per heavy atom. The first-order valence-corrected chi connectivity index (χ1v) is 5.86. The third-order valence-electron chi connectivity index (χ3n) is 3.01. The number of nitrogens with zero attached hydrogens (tertiary/aromatic N) is 3. The van der Waals surface area contributed by atoms with E-state index in [1.54, 1.807) is 0 Å². The molecule has 0 saturated heterocycles. The van der Waals surface area contributed by atoms with Gasteiger partial charge in [0, 0.05) is 32.4 Å². The molecule has 0 spiro atoms. The molecule has 1 aromatic rings. The molecule has 0 fully saturated rings. The normalized spacial score (nSPS) is 13.7. The van der Waals surface area contributed by atoms with Crippen molar-refractivity contribution < 1.29 is 0 Å². The summed E-state index contributed by atoms with van der Waals surface area (Å²) in [5, 5.41) is 7.64. The molecule has 92 valence electrons. The van der Waals surface area contributed by atoms with E-state index in [1.165, 1.54) is 5.69 Å². The molecule has 0 aliphatic rings. The average Bonchev–Trinajstić information content (AvgIpc) is 2.57. The Bertz CT molecular complexity index is 296. The third kappa shape index (κ3) is 3.61. The highest BCUT2D eigenvalue weighted by Crippen LogP contribution is 2.06. The zero-order valence-corrected chi connectivity index (χ0v) is 11.1. The van der Waals surface area contributed by atoms with Gasteiger partial charge in [0.2, 0.25) is 0 Å². The van der Waals surface area contributed by atoms with Gasteiger partial charge in [-0.15, -0.1) is 0 Å². The Morgan fingerprint density at radius 1 is 1.44 bits per heavy atom. The lowest BCUT2D eigenvalue weighted by Gasteiger charge is -2.28. The molecule has 0 aliphatic heterocycles. The molecule has 0 aromatic carbocycles. The van der Waals surface area contributed by atoms with Crippen molar-refractivity contribution in [2.75, 3.05) is 20.6 Å². The van der Waals surface area contributed by atoms with E-state index in [0.717, 1.165) is 13.1 Å². The molecule has 0 saturated carbocycles. The van der Waals surface area contributed by atoms with E-state index in [9.17, 15) is 0 Å². The molecule has 0 amide bonds. The second kappa shape index (κ2) is 6.01. The molecular formula is C12H24N4. The van der Waals surface area contributed by atoms with Crippen LogP contribution in [0, 0.1) is 5.92 Å². The zero-order valence-electron chi connectivity index (χ0n) is 11.1.